The Kier molecular flexibility index (Phi) is 34.8. The molecule has 3 atom stereocenters. The molecule has 0 saturated carbocycles. The highest BCUT2D eigenvalue weighted by Crippen LogP contribution is 2.15. The van der Waals surface area contributed by atoms with Crippen LogP contribution >= 0.6 is 0 Å². The maximum absolute atomic E-state index is 12.4. The van der Waals surface area contributed by atoms with Gasteiger partial charge in [0.1, 0.15) is 6.10 Å². The van der Waals surface area contributed by atoms with Gasteiger partial charge in [-0.05, 0) is 32.1 Å². The van der Waals surface area contributed by atoms with Crippen LogP contribution in [0.3, 0.4) is 0 Å². The van der Waals surface area contributed by atoms with E-state index in [0.29, 0.717) is 6.42 Å². The van der Waals surface area contributed by atoms with Crippen LogP contribution in [0.2, 0.25) is 0 Å². The molecule has 5 nitrogen and oxygen atoms in total. The first-order chi connectivity index (χ1) is 22.1. The molecular weight excluding hydrogens is 558 g/mol. The summed E-state index contributed by atoms with van der Waals surface area (Å²) in [6.07, 6.45) is 42.0. The Morgan fingerprint density at radius 2 is 0.911 bits per heavy atom. The molecule has 1 amide bonds. The van der Waals surface area contributed by atoms with Gasteiger partial charge in [-0.1, -0.05) is 192 Å². The molecular formula is C40H77NO4. The Morgan fingerprint density at radius 1 is 0.533 bits per heavy atom. The third-order valence-corrected chi connectivity index (χ3v) is 9.04. The number of unbranched alkanes of at least 4 members (excludes halogenated alkanes) is 25. The van der Waals surface area contributed by atoms with E-state index < -0.39 is 24.2 Å². The van der Waals surface area contributed by atoms with Crippen molar-refractivity contribution < 1.29 is 20.1 Å². The van der Waals surface area contributed by atoms with Crippen LogP contribution in [0.15, 0.2) is 24.3 Å². The monoisotopic (exact) mass is 636 g/mol. The van der Waals surface area contributed by atoms with Gasteiger partial charge >= 0.3 is 0 Å². The van der Waals surface area contributed by atoms with E-state index in [2.05, 4.69) is 31.3 Å². The molecule has 0 saturated heterocycles. The lowest BCUT2D eigenvalue weighted by Crippen LogP contribution is -2.48. The van der Waals surface area contributed by atoms with Crippen molar-refractivity contribution in [3.8, 4) is 0 Å². The Morgan fingerprint density at radius 3 is 1.36 bits per heavy atom. The molecule has 0 aliphatic rings. The Hall–Kier alpha value is -1.17. The average molecular weight is 636 g/mol. The zero-order valence-electron chi connectivity index (χ0n) is 30.0. The van der Waals surface area contributed by atoms with Crippen LogP contribution in [0, 0.1) is 0 Å². The lowest BCUT2D eigenvalue weighted by Gasteiger charge is -2.21. The van der Waals surface area contributed by atoms with E-state index >= 15 is 0 Å². The van der Waals surface area contributed by atoms with Crippen molar-refractivity contribution in [2.45, 2.75) is 218 Å². The molecule has 0 aromatic carbocycles. The number of carbonyl (C=O) groups is 1. The van der Waals surface area contributed by atoms with Crippen LogP contribution < -0.4 is 5.32 Å². The second-order valence-corrected chi connectivity index (χ2v) is 13.5. The van der Waals surface area contributed by atoms with Crippen LogP contribution in [0.1, 0.15) is 200 Å². The second kappa shape index (κ2) is 35.7. The SMILES string of the molecule is CCCCCCCCC/C=C/CC/C=C/[C@@H](O)[C@H](CO)NC(=O)[C@@H](O)CCCCCCCCCCCCCCCCCCCC. The molecule has 266 valence electrons. The average Bonchev–Trinajstić information content (AvgIpc) is 3.04. The summed E-state index contributed by atoms with van der Waals surface area (Å²) in [5.74, 6) is -0.512. The molecule has 4 N–H and O–H groups in total. The minimum absolute atomic E-state index is 0.374. The molecule has 45 heavy (non-hydrogen) atoms. The standard InChI is InChI=1S/C40H77NO4/c1-3-5-7-9-11-13-15-17-18-19-20-21-23-25-27-29-31-33-35-39(44)40(45)41-37(36-42)38(43)34-32-30-28-26-24-22-16-14-12-10-8-6-4-2/h24,26,32,34,37-39,42-44H,3-23,25,27-31,33,35-36H2,1-2H3,(H,41,45)/b26-24+,34-32+/t37-,38+,39-/m0/s1. The van der Waals surface area contributed by atoms with Gasteiger partial charge in [0.15, 0.2) is 0 Å². The summed E-state index contributed by atoms with van der Waals surface area (Å²) >= 11 is 0. The lowest BCUT2D eigenvalue weighted by atomic mass is 10.0. The van der Waals surface area contributed by atoms with E-state index in [9.17, 15) is 20.1 Å². The summed E-state index contributed by atoms with van der Waals surface area (Å²) < 4.78 is 0. The summed E-state index contributed by atoms with van der Waals surface area (Å²) in [6, 6.07) is -0.809. The third-order valence-electron chi connectivity index (χ3n) is 9.04. The topological polar surface area (TPSA) is 89.8 Å². The first-order valence-corrected chi connectivity index (χ1v) is 19.7. The number of allylic oxidation sites excluding steroid dienone is 3. The number of hydrogen-bond donors (Lipinski definition) is 4. The Bertz CT molecular complexity index is 665. The summed E-state index contributed by atoms with van der Waals surface area (Å²) in [5, 5.41) is 33.0. The van der Waals surface area contributed by atoms with Crippen molar-refractivity contribution in [3.63, 3.8) is 0 Å². The van der Waals surface area contributed by atoms with Gasteiger partial charge in [0.25, 0.3) is 0 Å². The maximum atomic E-state index is 12.4. The molecule has 5 heteroatoms. The van der Waals surface area contributed by atoms with Crippen molar-refractivity contribution in [1.29, 1.82) is 0 Å². The first-order valence-electron chi connectivity index (χ1n) is 19.7. The third kappa shape index (κ3) is 31.2. The number of rotatable bonds is 35. The normalized spacial score (nSPS) is 14.0. The molecule has 0 bridgehead atoms. The predicted octanol–water partition coefficient (Wildman–Crippen LogP) is 10.7. The fourth-order valence-corrected chi connectivity index (χ4v) is 5.91. The van der Waals surface area contributed by atoms with Gasteiger partial charge in [-0.25, -0.2) is 0 Å². The van der Waals surface area contributed by atoms with E-state index in [-0.39, 0.29) is 6.61 Å². The summed E-state index contributed by atoms with van der Waals surface area (Å²) in [7, 11) is 0. The lowest BCUT2D eigenvalue weighted by molar-refractivity contribution is -0.131. The van der Waals surface area contributed by atoms with Gasteiger partial charge in [-0.3, -0.25) is 4.79 Å². The Labute approximate surface area is 280 Å². The van der Waals surface area contributed by atoms with Crippen LogP contribution in [0.25, 0.3) is 0 Å². The number of aliphatic hydroxyl groups is 3. The van der Waals surface area contributed by atoms with Gasteiger partial charge in [-0.15, -0.1) is 0 Å². The molecule has 0 rings (SSSR count). The van der Waals surface area contributed by atoms with E-state index in [1.54, 1.807) is 6.08 Å². The second-order valence-electron chi connectivity index (χ2n) is 13.5. The molecule has 0 fully saturated rings. The Balaban J connectivity index is 3.72. The molecule has 0 aliphatic heterocycles. The van der Waals surface area contributed by atoms with Crippen molar-refractivity contribution in [3.05, 3.63) is 24.3 Å². The molecule has 0 aromatic rings. The highest BCUT2D eigenvalue weighted by atomic mass is 16.3. The van der Waals surface area contributed by atoms with E-state index in [1.807, 2.05) is 6.08 Å². The van der Waals surface area contributed by atoms with Crippen LogP contribution in [-0.4, -0.2) is 46.1 Å². The summed E-state index contributed by atoms with van der Waals surface area (Å²) in [5.41, 5.74) is 0. The van der Waals surface area contributed by atoms with Crippen molar-refractivity contribution in [1.82, 2.24) is 5.32 Å². The molecule has 0 unspecified atom stereocenters. The molecule has 0 aromatic heterocycles. The summed E-state index contributed by atoms with van der Waals surface area (Å²) in [4.78, 5) is 12.4. The van der Waals surface area contributed by atoms with E-state index in [1.165, 1.54) is 141 Å². The predicted molar refractivity (Wildman–Crippen MR) is 195 cm³/mol. The van der Waals surface area contributed by atoms with Gasteiger partial charge in [-0.2, -0.15) is 0 Å². The minimum Gasteiger partial charge on any atom is -0.394 e. The summed E-state index contributed by atoms with van der Waals surface area (Å²) in [6.45, 7) is 4.15. The number of amides is 1. The zero-order chi connectivity index (χ0) is 33.1. The van der Waals surface area contributed by atoms with Crippen molar-refractivity contribution in [2.75, 3.05) is 6.61 Å². The fourth-order valence-electron chi connectivity index (χ4n) is 5.91. The van der Waals surface area contributed by atoms with Gasteiger partial charge in [0.2, 0.25) is 5.91 Å². The van der Waals surface area contributed by atoms with Crippen molar-refractivity contribution >= 4 is 5.91 Å². The largest absolute Gasteiger partial charge is 0.394 e. The highest BCUT2D eigenvalue weighted by molar-refractivity contribution is 5.80. The van der Waals surface area contributed by atoms with E-state index in [0.717, 1.165) is 38.5 Å². The van der Waals surface area contributed by atoms with Gasteiger partial charge in [0, 0.05) is 0 Å². The number of aliphatic hydroxyl groups excluding tert-OH is 3. The number of nitrogens with one attached hydrogen (secondary N) is 1. The first kappa shape index (κ1) is 43.8. The van der Waals surface area contributed by atoms with Crippen LogP contribution in [0.4, 0.5) is 0 Å². The maximum Gasteiger partial charge on any atom is 0.249 e. The number of carbonyl (C=O) groups excluding carboxylic acids is 1. The van der Waals surface area contributed by atoms with E-state index in [4.69, 9.17) is 0 Å². The fraction of sp³-hybridized carbons (Fsp3) is 0.875. The molecule has 0 aliphatic carbocycles. The zero-order valence-corrected chi connectivity index (χ0v) is 30.0. The highest BCUT2D eigenvalue weighted by Gasteiger charge is 2.22. The quantitative estimate of drug-likeness (QED) is 0.0412. The number of hydrogen-bond acceptors (Lipinski definition) is 4. The van der Waals surface area contributed by atoms with Crippen molar-refractivity contribution in [2.24, 2.45) is 0 Å². The van der Waals surface area contributed by atoms with Crippen LogP contribution in [0.5, 0.6) is 0 Å². The minimum atomic E-state index is -1.10. The molecule has 0 heterocycles. The molecule has 0 radical (unpaired) electrons. The van der Waals surface area contributed by atoms with Crippen LogP contribution in [-0.2, 0) is 4.79 Å². The molecule has 0 spiro atoms. The van der Waals surface area contributed by atoms with Gasteiger partial charge in [0.05, 0.1) is 18.8 Å². The van der Waals surface area contributed by atoms with Gasteiger partial charge < -0.3 is 20.6 Å². The smallest absolute Gasteiger partial charge is 0.249 e.